The molecule has 3 aromatic rings. The first-order valence-electron chi connectivity index (χ1n) is 5.34. The molecule has 2 aromatic carbocycles. The third kappa shape index (κ3) is 1.62. The van der Waals surface area contributed by atoms with Gasteiger partial charge in [0, 0.05) is 11.5 Å². The summed E-state index contributed by atoms with van der Waals surface area (Å²) in [4.78, 5) is 0. The molecule has 90 valence electrons. The van der Waals surface area contributed by atoms with Crippen LogP contribution in [0.5, 0.6) is 0 Å². The third-order valence-corrected chi connectivity index (χ3v) is 3.06. The summed E-state index contributed by atoms with van der Waals surface area (Å²) in [7, 11) is 0. The van der Waals surface area contributed by atoms with Gasteiger partial charge in [0.15, 0.2) is 0 Å². The Bertz CT molecular complexity index is 736. The molecular weight excluding hydrogens is 253 g/mol. The van der Waals surface area contributed by atoms with Gasteiger partial charge < -0.3 is 5.73 Å². The van der Waals surface area contributed by atoms with Crippen molar-refractivity contribution in [3.05, 3.63) is 53.4 Å². The maximum atomic E-state index is 13.5. The first-order valence-corrected chi connectivity index (χ1v) is 5.72. The highest BCUT2D eigenvalue weighted by molar-refractivity contribution is 6.31. The van der Waals surface area contributed by atoms with Crippen LogP contribution in [-0.2, 0) is 0 Å². The number of anilines is 1. The molecule has 0 fully saturated rings. The van der Waals surface area contributed by atoms with Crippen LogP contribution in [0.3, 0.4) is 0 Å². The summed E-state index contributed by atoms with van der Waals surface area (Å²) < 4.78 is 15.1. The zero-order valence-electron chi connectivity index (χ0n) is 9.27. The molecule has 0 saturated carbocycles. The molecule has 0 radical (unpaired) electrons. The fraction of sp³-hybridized carbons (Fsp3) is 0. The number of nitrogen functional groups attached to an aromatic ring is 1. The van der Waals surface area contributed by atoms with Gasteiger partial charge in [-0.15, -0.1) is 0 Å². The molecule has 0 saturated heterocycles. The minimum absolute atomic E-state index is 0.00714. The van der Waals surface area contributed by atoms with Crippen LogP contribution < -0.4 is 5.73 Å². The van der Waals surface area contributed by atoms with Gasteiger partial charge in [0.05, 0.1) is 28.1 Å². The molecule has 0 unspecified atom stereocenters. The van der Waals surface area contributed by atoms with Crippen LogP contribution in [0, 0.1) is 5.82 Å². The number of nitrogens with zero attached hydrogens (tertiary/aromatic N) is 2. The fourth-order valence-corrected chi connectivity index (χ4v) is 2.07. The summed E-state index contributed by atoms with van der Waals surface area (Å²) >= 11 is 5.68. The second-order valence-electron chi connectivity index (χ2n) is 3.94. The van der Waals surface area contributed by atoms with Crippen molar-refractivity contribution in [3.63, 3.8) is 0 Å². The number of rotatable bonds is 1. The van der Waals surface area contributed by atoms with E-state index >= 15 is 0 Å². The molecule has 0 amide bonds. The smallest absolute Gasteiger partial charge is 0.144 e. The van der Waals surface area contributed by atoms with Crippen molar-refractivity contribution < 1.29 is 4.39 Å². The van der Waals surface area contributed by atoms with Gasteiger partial charge in [-0.25, -0.2) is 9.07 Å². The standard InChI is InChI=1S/C13H9ClFN3/c14-9-5-11(16)13(6-10(9)15)18-12-4-2-1-3-8(12)7-17-18/h1-7H,16H2. The zero-order valence-corrected chi connectivity index (χ0v) is 10.0. The highest BCUT2D eigenvalue weighted by Crippen LogP contribution is 2.27. The predicted molar refractivity (Wildman–Crippen MR) is 70.5 cm³/mol. The molecule has 3 nitrogen and oxygen atoms in total. The zero-order chi connectivity index (χ0) is 12.7. The number of halogens is 2. The second kappa shape index (κ2) is 3.99. The van der Waals surface area contributed by atoms with Gasteiger partial charge in [0.2, 0.25) is 0 Å². The number of hydrogen-bond acceptors (Lipinski definition) is 2. The van der Waals surface area contributed by atoms with Gasteiger partial charge in [-0.1, -0.05) is 29.8 Å². The van der Waals surface area contributed by atoms with Crippen molar-refractivity contribution in [1.29, 1.82) is 0 Å². The average Bonchev–Trinajstić information content (AvgIpc) is 2.78. The number of para-hydroxylation sites is 1. The maximum absolute atomic E-state index is 13.5. The van der Waals surface area contributed by atoms with Crippen molar-refractivity contribution in [2.75, 3.05) is 5.73 Å². The topological polar surface area (TPSA) is 43.8 Å². The van der Waals surface area contributed by atoms with E-state index in [1.807, 2.05) is 24.3 Å². The highest BCUT2D eigenvalue weighted by Gasteiger charge is 2.11. The number of aromatic nitrogens is 2. The van der Waals surface area contributed by atoms with Crippen LogP contribution >= 0.6 is 11.6 Å². The summed E-state index contributed by atoms with van der Waals surface area (Å²) in [6.07, 6.45) is 1.71. The van der Waals surface area contributed by atoms with Gasteiger partial charge in [-0.3, -0.25) is 0 Å². The van der Waals surface area contributed by atoms with E-state index in [0.29, 0.717) is 11.4 Å². The van der Waals surface area contributed by atoms with Gasteiger partial charge in [-0.05, 0) is 12.1 Å². The SMILES string of the molecule is Nc1cc(Cl)c(F)cc1-n1ncc2ccccc21. The van der Waals surface area contributed by atoms with Crippen LogP contribution in [-0.4, -0.2) is 9.78 Å². The number of benzene rings is 2. The van der Waals surface area contributed by atoms with E-state index in [4.69, 9.17) is 17.3 Å². The predicted octanol–water partition coefficient (Wildman–Crippen LogP) is 3.40. The lowest BCUT2D eigenvalue weighted by atomic mass is 10.2. The lowest BCUT2D eigenvalue weighted by Gasteiger charge is -2.08. The third-order valence-electron chi connectivity index (χ3n) is 2.78. The van der Waals surface area contributed by atoms with Crippen LogP contribution in [0.25, 0.3) is 16.6 Å². The summed E-state index contributed by atoms with van der Waals surface area (Å²) in [6, 6.07) is 10.3. The minimum Gasteiger partial charge on any atom is -0.397 e. The summed E-state index contributed by atoms with van der Waals surface area (Å²) in [5.74, 6) is -0.513. The Hall–Kier alpha value is -2.07. The normalized spacial score (nSPS) is 11.0. The lowest BCUT2D eigenvalue weighted by Crippen LogP contribution is -2.02. The molecule has 0 bridgehead atoms. The summed E-state index contributed by atoms with van der Waals surface area (Å²) in [6.45, 7) is 0. The van der Waals surface area contributed by atoms with Crippen LogP contribution in [0.4, 0.5) is 10.1 Å². The maximum Gasteiger partial charge on any atom is 0.144 e. The fourth-order valence-electron chi connectivity index (χ4n) is 1.90. The summed E-state index contributed by atoms with van der Waals surface area (Å²) in [5, 5.41) is 5.20. The minimum atomic E-state index is -0.513. The Labute approximate surface area is 108 Å². The Morgan fingerprint density at radius 1 is 1.22 bits per heavy atom. The van der Waals surface area contributed by atoms with Gasteiger partial charge in [0.25, 0.3) is 0 Å². The van der Waals surface area contributed by atoms with E-state index in [1.165, 1.54) is 12.1 Å². The van der Waals surface area contributed by atoms with Crippen molar-refractivity contribution in [2.24, 2.45) is 0 Å². The molecule has 0 aliphatic carbocycles. The Kier molecular flexibility index (Phi) is 2.45. The molecule has 5 heteroatoms. The Morgan fingerprint density at radius 2 is 2.00 bits per heavy atom. The second-order valence-corrected chi connectivity index (χ2v) is 4.35. The van der Waals surface area contributed by atoms with E-state index in [9.17, 15) is 4.39 Å². The molecule has 1 heterocycles. The Morgan fingerprint density at radius 3 is 2.83 bits per heavy atom. The van der Waals surface area contributed by atoms with E-state index in [2.05, 4.69) is 5.10 Å². The molecule has 0 aliphatic rings. The molecular formula is C13H9ClFN3. The van der Waals surface area contributed by atoms with Crippen molar-refractivity contribution >= 4 is 28.2 Å². The Balaban J connectivity index is 2.29. The molecule has 0 aliphatic heterocycles. The monoisotopic (exact) mass is 261 g/mol. The van der Waals surface area contributed by atoms with Crippen molar-refractivity contribution in [2.45, 2.75) is 0 Å². The largest absolute Gasteiger partial charge is 0.397 e. The molecule has 3 rings (SSSR count). The molecule has 2 N–H and O–H groups in total. The first-order chi connectivity index (χ1) is 8.66. The molecule has 0 spiro atoms. The van der Waals surface area contributed by atoms with Crippen LogP contribution in [0.1, 0.15) is 0 Å². The quantitative estimate of drug-likeness (QED) is 0.682. The van der Waals surface area contributed by atoms with Crippen molar-refractivity contribution in [1.82, 2.24) is 9.78 Å². The highest BCUT2D eigenvalue weighted by atomic mass is 35.5. The number of fused-ring (bicyclic) bond motifs is 1. The van der Waals surface area contributed by atoms with Gasteiger partial charge in [-0.2, -0.15) is 5.10 Å². The van der Waals surface area contributed by atoms with Gasteiger partial charge >= 0.3 is 0 Å². The molecule has 0 atom stereocenters. The summed E-state index contributed by atoms with van der Waals surface area (Å²) in [5.41, 5.74) is 7.60. The first kappa shape index (κ1) is 11.0. The van der Waals surface area contributed by atoms with Gasteiger partial charge in [0.1, 0.15) is 5.82 Å². The van der Waals surface area contributed by atoms with Crippen molar-refractivity contribution in [3.8, 4) is 5.69 Å². The van der Waals surface area contributed by atoms with E-state index < -0.39 is 5.82 Å². The number of nitrogens with two attached hydrogens (primary N) is 1. The number of hydrogen-bond donors (Lipinski definition) is 1. The van der Waals surface area contributed by atoms with E-state index in [-0.39, 0.29) is 5.02 Å². The van der Waals surface area contributed by atoms with E-state index in [0.717, 1.165) is 10.9 Å². The van der Waals surface area contributed by atoms with Crippen LogP contribution in [0.2, 0.25) is 5.02 Å². The molecule has 1 aromatic heterocycles. The lowest BCUT2D eigenvalue weighted by molar-refractivity contribution is 0.626. The molecule has 18 heavy (non-hydrogen) atoms. The van der Waals surface area contributed by atoms with Crippen LogP contribution in [0.15, 0.2) is 42.6 Å². The van der Waals surface area contributed by atoms with E-state index in [1.54, 1.807) is 10.9 Å². The average molecular weight is 262 g/mol.